The molecule has 2 atom stereocenters. The average molecular weight is 210 g/mol. The van der Waals surface area contributed by atoms with Crippen molar-refractivity contribution in [3.8, 4) is 0 Å². The first-order valence-electron chi connectivity index (χ1n) is 6.66. The van der Waals surface area contributed by atoms with Gasteiger partial charge in [-0.15, -0.1) is 0 Å². The molecule has 15 heavy (non-hydrogen) atoms. The molecule has 0 aromatic carbocycles. The molecule has 0 amide bonds. The van der Waals surface area contributed by atoms with Crippen LogP contribution in [0.2, 0.25) is 0 Å². The van der Waals surface area contributed by atoms with E-state index in [4.69, 9.17) is 5.73 Å². The number of likely N-dealkylation sites (tertiary alicyclic amines) is 1. The van der Waals surface area contributed by atoms with Gasteiger partial charge in [-0.3, -0.25) is 0 Å². The maximum Gasteiger partial charge on any atom is 0.0111 e. The molecule has 0 radical (unpaired) electrons. The highest BCUT2D eigenvalue weighted by molar-refractivity contribution is 4.87. The van der Waals surface area contributed by atoms with Gasteiger partial charge in [0, 0.05) is 12.1 Å². The standard InChI is InChI=1S/C13H26N2/c1-10(2)11-5-7-15(8-6-11)13-4-3-12(14)9-13/h10-13H,3-9,14H2,1-2H3. The summed E-state index contributed by atoms with van der Waals surface area (Å²) in [6, 6.07) is 1.30. The van der Waals surface area contributed by atoms with Crippen LogP contribution in [0.5, 0.6) is 0 Å². The van der Waals surface area contributed by atoms with Crippen LogP contribution in [0.3, 0.4) is 0 Å². The maximum atomic E-state index is 5.98. The molecular weight excluding hydrogens is 184 g/mol. The second kappa shape index (κ2) is 4.84. The van der Waals surface area contributed by atoms with Crippen molar-refractivity contribution in [3.05, 3.63) is 0 Å². The Morgan fingerprint density at radius 2 is 1.73 bits per heavy atom. The van der Waals surface area contributed by atoms with Crippen LogP contribution in [0.1, 0.15) is 46.0 Å². The van der Waals surface area contributed by atoms with Crippen LogP contribution in [0.25, 0.3) is 0 Å². The van der Waals surface area contributed by atoms with Gasteiger partial charge < -0.3 is 10.6 Å². The summed E-state index contributed by atoms with van der Waals surface area (Å²) in [4.78, 5) is 2.70. The third-order valence-corrected chi connectivity index (χ3v) is 4.48. The van der Waals surface area contributed by atoms with E-state index >= 15 is 0 Å². The van der Waals surface area contributed by atoms with Gasteiger partial charge >= 0.3 is 0 Å². The predicted octanol–water partition coefficient (Wildman–Crippen LogP) is 2.23. The van der Waals surface area contributed by atoms with Gasteiger partial charge in [0.05, 0.1) is 0 Å². The highest BCUT2D eigenvalue weighted by atomic mass is 15.2. The normalized spacial score (nSPS) is 35.2. The summed E-state index contributed by atoms with van der Waals surface area (Å²) in [5, 5.41) is 0. The lowest BCUT2D eigenvalue weighted by Gasteiger charge is -2.37. The monoisotopic (exact) mass is 210 g/mol. The van der Waals surface area contributed by atoms with E-state index in [2.05, 4.69) is 18.7 Å². The average Bonchev–Trinajstić information content (AvgIpc) is 2.65. The molecule has 0 aromatic heterocycles. The Kier molecular flexibility index (Phi) is 3.68. The van der Waals surface area contributed by atoms with Crippen LogP contribution in [-0.2, 0) is 0 Å². The zero-order chi connectivity index (χ0) is 10.8. The Hall–Kier alpha value is -0.0800. The van der Waals surface area contributed by atoms with Crippen molar-refractivity contribution in [2.24, 2.45) is 17.6 Å². The molecule has 2 unspecified atom stereocenters. The molecule has 0 spiro atoms. The molecule has 2 fully saturated rings. The number of nitrogens with zero attached hydrogens (tertiary/aromatic N) is 1. The molecule has 1 aliphatic carbocycles. The van der Waals surface area contributed by atoms with Crippen molar-refractivity contribution in [2.75, 3.05) is 13.1 Å². The van der Waals surface area contributed by atoms with Crippen molar-refractivity contribution in [1.29, 1.82) is 0 Å². The molecule has 0 aromatic rings. The fraction of sp³-hybridized carbons (Fsp3) is 1.00. The van der Waals surface area contributed by atoms with Gasteiger partial charge in [-0.1, -0.05) is 13.8 Å². The Morgan fingerprint density at radius 1 is 1.07 bits per heavy atom. The summed E-state index contributed by atoms with van der Waals surface area (Å²) in [6.07, 6.45) is 6.64. The second-order valence-electron chi connectivity index (χ2n) is 5.84. The lowest BCUT2D eigenvalue weighted by atomic mass is 9.86. The molecular formula is C13H26N2. The molecule has 0 bridgehead atoms. The summed E-state index contributed by atoms with van der Waals surface area (Å²) < 4.78 is 0. The highest BCUT2D eigenvalue weighted by Crippen LogP contribution is 2.30. The van der Waals surface area contributed by atoms with E-state index in [0.29, 0.717) is 6.04 Å². The molecule has 2 nitrogen and oxygen atoms in total. The van der Waals surface area contributed by atoms with E-state index < -0.39 is 0 Å². The summed E-state index contributed by atoms with van der Waals surface area (Å²) in [6.45, 7) is 7.37. The van der Waals surface area contributed by atoms with Crippen LogP contribution < -0.4 is 5.73 Å². The molecule has 2 heteroatoms. The van der Waals surface area contributed by atoms with Crippen LogP contribution in [0.4, 0.5) is 0 Å². The summed E-state index contributed by atoms with van der Waals surface area (Å²) in [5.74, 6) is 1.84. The first-order valence-corrected chi connectivity index (χ1v) is 6.66. The fourth-order valence-electron chi connectivity index (χ4n) is 3.27. The van der Waals surface area contributed by atoms with E-state index in [1.54, 1.807) is 0 Å². The van der Waals surface area contributed by atoms with E-state index in [1.165, 1.54) is 45.2 Å². The van der Waals surface area contributed by atoms with Gasteiger partial charge in [-0.05, 0) is 57.0 Å². The molecule has 2 N–H and O–H groups in total. The smallest absolute Gasteiger partial charge is 0.0111 e. The lowest BCUT2D eigenvalue weighted by Crippen LogP contribution is -2.41. The van der Waals surface area contributed by atoms with Crippen molar-refractivity contribution in [1.82, 2.24) is 4.90 Å². The third kappa shape index (κ3) is 2.73. The van der Waals surface area contributed by atoms with E-state index in [1.807, 2.05) is 0 Å². The topological polar surface area (TPSA) is 29.3 Å². The molecule has 1 heterocycles. The lowest BCUT2D eigenvalue weighted by molar-refractivity contribution is 0.116. The van der Waals surface area contributed by atoms with Crippen molar-refractivity contribution < 1.29 is 0 Å². The van der Waals surface area contributed by atoms with Crippen LogP contribution in [0, 0.1) is 11.8 Å². The molecule has 1 aliphatic heterocycles. The maximum absolute atomic E-state index is 5.98. The minimum atomic E-state index is 0.484. The summed E-state index contributed by atoms with van der Waals surface area (Å²) in [5.41, 5.74) is 5.98. The molecule has 1 saturated carbocycles. The number of rotatable bonds is 2. The number of nitrogens with two attached hydrogens (primary N) is 1. The number of hydrogen-bond acceptors (Lipinski definition) is 2. The van der Waals surface area contributed by atoms with Gasteiger partial charge in [0.25, 0.3) is 0 Å². The summed E-state index contributed by atoms with van der Waals surface area (Å²) >= 11 is 0. The largest absolute Gasteiger partial charge is 0.328 e. The Morgan fingerprint density at radius 3 is 2.20 bits per heavy atom. The Labute approximate surface area is 94.2 Å². The number of piperidine rings is 1. The Bertz CT molecular complexity index is 195. The summed E-state index contributed by atoms with van der Waals surface area (Å²) in [7, 11) is 0. The zero-order valence-corrected chi connectivity index (χ0v) is 10.3. The SMILES string of the molecule is CC(C)C1CCN(C2CCC(N)C2)CC1. The molecule has 1 saturated heterocycles. The van der Waals surface area contributed by atoms with Gasteiger partial charge in [0.1, 0.15) is 0 Å². The Balaban J connectivity index is 1.78. The zero-order valence-electron chi connectivity index (χ0n) is 10.3. The van der Waals surface area contributed by atoms with E-state index in [-0.39, 0.29) is 0 Å². The van der Waals surface area contributed by atoms with Gasteiger partial charge in [-0.25, -0.2) is 0 Å². The molecule has 88 valence electrons. The number of hydrogen-bond donors (Lipinski definition) is 1. The van der Waals surface area contributed by atoms with Crippen LogP contribution >= 0.6 is 0 Å². The minimum Gasteiger partial charge on any atom is -0.328 e. The molecule has 2 aliphatic rings. The van der Waals surface area contributed by atoms with E-state index in [9.17, 15) is 0 Å². The quantitative estimate of drug-likeness (QED) is 0.757. The fourth-order valence-corrected chi connectivity index (χ4v) is 3.27. The predicted molar refractivity (Wildman–Crippen MR) is 64.7 cm³/mol. The van der Waals surface area contributed by atoms with Gasteiger partial charge in [0.2, 0.25) is 0 Å². The highest BCUT2D eigenvalue weighted by Gasteiger charge is 2.30. The first kappa shape index (κ1) is 11.4. The van der Waals surface area contributed by atoms with Gasteiger partial charge in [-0.2, -0.15) is 0 Å². The van der Waals surface area contributed by atoms with Crippen LogP contribution in [-0.4, -0.2) is 30.1 Å². The second-order valence-corrected chi connectivity index (χ2v) is 5.84. The third-order valence-electron chi connectivity index (χ3n) is 4.48. The minimum absolute atomic E-state index is 0.484. The van der Waals surface area contributed by atoms with Crippen molar-refractivity contribution in [2.45, 2.75) is 58.0 Å². The van der Waals surface area contributed by atoms with Crippen molar-refractivity contribution in [3.63, 3.8) is 0 Å². The van der Waals surface area contributed by atoms with Gasteiger partial charge in [0.15, 0.2) is 0 Å². The molecule has 2 rings (SSSR count). The van der Waals surface area contributed by atoms with E-state index in [0.717, 1.165) is 17.9 Å². The van der Waals surface area contributed by atoms with Crippen LogP contribution in [0.15, 0.2) is 0 Å². The van der Waals surface area contributed by atoms with Crippen molar-refractivity contribution >= 4 is 0 Å². The first-order chi connectivity index (χ1) is 7.16.